The number of rotatable bonds is 6. The van der Waals surface area contributed by atoms with Gasteiger partial charge < -0.3 is 11.1 Å². The molecule has 7 heteroatoms. The highest BCUT2D eigenvalue weighted by atomic mass is 35.5. The van der Waals surface area contributed by atoms with Gasteiger partial charge in [0, 0.05) is 18.2 Å². The molecular formula is C20H22ClN5O. The monoisotopic (exact) mass is 383 g/mol. The summed E-state index contributed by atoms with van der Waals surface area (Å²) in [6.07, 6.45) is 0.703. The van der Waals surface area contributed by atoms with E-state index in [1.54, 1.807) is 10.7 Å². The molecule has 27 heavy (non-hydrogen) atoms. The third-order valence-electron chi connectivity index (χ3n) is 4.11. The van der Waals surface area contributed by atoms with Gasteiger partial charge in [0.25, 0.3) is 5.91 Å². The van der Waals surface area contributed by atoms with E-state index >= 15 is 0 Å². The fourth-order valence-corrected chi connectivity index (χ4v) is 2.89. The molecule has 0 unspecified atom stereocenters. The second kappa shape index (κ2) is 8.22. The van der Waals surface area contributed by atoms with Gasteiger partial charge in [-0.1, -0.05) is 49.7 Å². The number of aromatic nitrogens is 3. The molecule has 140 valence electrons. The first-order valence-electron chi connectivity index (χ1n) is 8.80. The van der Waals surface area contributed by atoms with Crippen molar-refractivity contribution in [1.29, 1.82) is 0 Å². The van der Waals surface area contributed by atoms with Crippen LogP contribution in [-0.4, -0.2) is 27.2 Å². The van der Waals surface area contributed by atoms with E-state index in [2.05, 4.69) is 15.4 Å². The van der Waals surface area contributed by atoms with Gasteiger partial charge in [0.15, 0.2) is 0 Å². The lowest BCUT2D eigenvalue weighted by Gasteiger charge is -2.09. The van der Waals surface area contributed by atoms with Crippen LogP contribution >= 0.6 is 11.6 Å². The number of anilines is 1. The highest BCUT2D eigenvalue weighted by molar-refractivity contribution is 6.32. The normalized spacial score (nSPS) is 11.0. The summed E-state index contributed by atoms with van der Waals surface area (Å²) in [6.45, 7) is 4.49. The van der Waals surface area contributed by atoms with Gasteiger partial charge in [0.2, 0.25) is 5.82 Å². The van der Waals surface area contributed by atoms with Crippen molar-refractivity contribution in [2.75, 3.05) is 12.3 Å². The van der Waals surface area contributed by atoms with Crippen LogP contribution in [0.1, 0.15) is 41.8 Å². The minimum Gasteiger partial charge on any atom is -0.399 e. The number of nitrogens with two attached hydrogens (primary N) is 1. The molecule has 3 rings (SSSR count). The third kappa shape index (κ3) is 4.46. The van der Waals surface area contributed by atoms with Gasteiger partial charge in [0.1, 0.15) is 5.82 Å². The van der Waals surface area contributed by atoms with Crippen LogP contribution in [0.3, 0.4) is 0 Å². The number of para-hydroxylation sites is 1. The predicted octanol–water partition coefficient (Wildman–Crippen LogP) is 3.60. The van der Waals surface area contributed by atoms with Crippen LogP contribution in [0.25, 0.3) is 5.69 Å². The standard InChI is InChI=1S/C20H22ClN5O/c1-13(2)19-24-18(25-26(19)17-6-4-3-5-16(17)21)20(27)23-12-11-14-7-9-15(22)10-8-14/h3-10,13H,11-12,22H2,1-2H3,(H,23,27). The average Bonchev–Trinajstić information content (AvgIpc) is 3.09. The Bertz CT molecular complexity index is 934. The summed E-state index contributed by atoms with van der Waals surface area (Å²) in [4.78, 5) is 16.9. The maximum Gasteiger partial charge on any atom is 0.290 e. The Balaban J connectivity index is 1.74. The minimum absolute atomic E-state index is 0.0881. The van der Waals surface area contributed by atoms with E-state index in [1.807, 2.05) is 56.3 Å². The lowest BCUT2D eigenvalue weighted by molar-refractivity contribution is 0.0944. The lowest BCUT2D eigenvalue weighted by atomic mass is 10.1. The SMILES string of the molecule is CC(C)c1nc(C(=O)NCCc2ccc(N)cc2)nn1-c1ccccc1Cl. The van der Waals surface area contributed by atoms with Crippen LogP contribution in [-0.2, 0) is 6.42 Å². The molecule has 0 atom stereocenters. The zero-order valence-corrected chi connectivity index (χ0v) is 16.1. The van der Waals surface area contributed by atoms with Crippen LogP contribution in [0.4, 0.5) is 5.69 Å². The number of hydrogen-bond acceptors (Lipinski definition) is 4. The molecule has 0 aliphatic rings. The maximum atomic E-state index is 12.5. The summed E-state index contributed by atoms with van der Waals surface area (Å²) in [6, 6.07) is 15.0. The van der Waals surface area contributed by atoms with Gasteiger partial charge >= 0.3 is 0 Å². The maximum absolute atomic E-state index is 12.5. The first-order valence-corrected chi connectivity index (χ1v) is 9.18. The minimum atomic E-state index is -0.307. The third-order valence-corrected chi connectivity index (χ3v) is 4.43. The van der Waals surface area contributed by atoms with Crippen molar-refractivity contribution in [1.82, 2.24) is 20.1 Å². The van der Waals surface area contributed by atoms with Gasteiger partial charge in [-0.2, -0.15) is 0 Å². The molecule has 0 bridgehead atoms. The van der Waals surface area contributed by atoms with Gasteiger partial charge in [-0.15, -0.1) is 5.10 Å². The van der Waals surface area contributed by atoms with Crippen molar-refractivity contribution >= 4 is 23.2 Å². The van der Waals surface area contributed by atoms with Crippen molar-refractivity contribution in [2.24, 2.45) is 0 Å². The number of nitrogens with zero attached hydrogens (tertiary/aromatic N) is 3. The van der Waals surface area contributed by atoms with Crippen molar-refractivity contribution in [3.05, 3.63) is 70.8 Å². The largest absolute Gasteiger partial charge is 0.399 e. The van der Waals surface area contributed by atoms with E-state index in [4.69, 9.17) is 17.3 Å². The number of hydrogen-bond donors (Lipinski definition) is 2. The van der Waals surface area contributed by atoms with E-state index < -0.39 is 0 Å². The first kappa shape index (κ1) is 18.9. The van der Waals surface area contributed by atoms with Gasteiger partial charge in [-0.05, 0) is 36.2 Å². The number of halogens is 1. The summed E-state index contributed by atoms with van der Waals surface area (Å²) in [5.41, 5.74) is 8.21. The fourth-order valence-electron chi connectivity index (χ4n) is 2.68. The molecule has 6 nitrogen and oxygen atoms in total. The van der Waals surface area contributed by atoms with Crippen LogP contribution in [0, 0.1) is 0 Å². The highest BCUT2D eigenvalue weighted by Crippen LogP contribution is 2.23. The summed E-state index contributed by atoms with van der Waals surface area (Å²) in [7, 11) is 0. The van der Waals surface area contributed by atoms with Crippen LogP contribution in [0.5, 0.6) is 0 Å². The van der Waals surface area contributed by atoms with Gasteiger partial charge in [-0.3, -0.25) is 4.79 Å². The van der Waals surface area contributed by atoms with Crippen molar-refractivity contribution in [3.63, 3.8) is 0 Å². The molecule has 3 aromatic rings. The molecule has 1 amide bonds. The van der Waals surface area contributed by atoms with Gasteiger partial charge in [-0.25, -0.2) is 9.67 Å². The quantitative estimate of drug-likeness (QED) is 0.637. The Morgan fingerprint density at radius 2 is 1.89 bits per heavy atom. The fraction of sp³-hybridized carbons (Fsp3) is 0.250. The van der Waals surface area contributed by atoms with Crippen LogP contribution in [0.15, 0.2) is 48.5 Å². The number of benzene rings is 2. The molecule has 3 N–H and O–H groups in total. The average molecular weight is 384 g/mol. The van der Waals surface area contributed by atoms with E-state index in [1.165, 1.54) is 0 Å². The molecule has 1 heterocycles. The summed E-state index contributed by atoms with van der Waals surface area (Å²) >= 11 is 6.29. The Labute approximate surface area is 163 Å². The molecule has 1 aromatic heterocycles. The molecule has 0 radical (unpaired) electrons. The van der Waals surface area contributed by atoms with Crippen molar-refractivity contribution in [3.8, 4) is 5.69 Å². The topological polar surface area (TPSA) is 85.8 Å². The molecule has 2 aromatic carbocycles. The van der Waals surface area contributed by atoms with Crippen molar-refractivity contribution < 1.29 is 4.79 Å². The molecule has 0 aliphatic heterocycles. The molecule has 0 saturated carbocycles. The van der Waals surface area contributed by atoms with E-state index in [-0.39, 0.29) is 17.6 Å². The zero-order valence-electron chi connectivity index (χ0n) is 15.3. The lowest BCUT2D eigenvalue weighted by Crippen LogP contribution is -2.27. The summed E-state index contributed by atoms with van der Waals surface area (Å²) in [5, 5.41) is 7.81. The Hall–Kier alpha value is -2.86. The highest BCUT2D eigenvalue weighted by Gasteiger charge is 2.20. The molecule has 0 aliphatic carbocycles. The number of carbonyl (C=O) groups is 1. The predicted molar refractivity (Wildman–Crippen MR) is 107 cm³/mol. The second-order valence-corrected chi connectivity index (χ2v) is 6.97. The molecular weight excluding hydrogens is 362 g/mol. The second-order valence-electron chi connectivity index (χ2n) is 6.56. The van der Waals surface area contributed by atoms with Crippen molar-refractivity contribution in [2.45, 2.75) is 26.2 Å². The molecule has 0 fully saturated rings. The van der Waals surface area contributed by atoms with Crippen LogP contribution in [0.2, 0.25) is 5.02 Å². The van der Waals surface area contributed by atoms with Gasteiger partial charge in [0.05, 0.1) is 10.7 Å². The molecule has 0 saturated heterocycles. The van der Waals surface area contributed by atoms with E-state index in [0.717, 1.165) is 11.3 Å². The number of amides is 1. The zero-order chi connectivity index (χ0) is 19.4. The van der Waals surface area contributed by atoms with Crippen LogP contribution < -0.4 is 11.1 Å². The number of nitrogens with one attached hydrogen (secondary N) is 1. The van der Waals surface area contributed by atoms with E-state index in [0.29, 0.717) is 29.5 Å². The van der Waals surface area contributed by atoms with E-state index in [9.17, 15) is 4.79 Å². The Kier molecular flexibility index (Phi) is 5.76. The number of nitrogen functional groups attached to an aromatic ring is 1. The smallest absolute Gasteiger partial charge is 0.290 e. The first-order chi connectivity index (χ1) is 13.0. The Morgan fingerprint density at radius 1 is 1.19 bits per heavy atom. The summed E-state index contributed by atoms with van der Waals surface area (Å²) in [5.74, 6) is 0.603. The Morgan fingerprint density at radius 3 is 2.56 bits per heavy atom. The number of carbonyl (C=O) groups excluding carboxylic acids is 1. The molecule has 0 spiro atoms. The summed E-state index contributed by atoms with van der Waals surface area (Å²) < 4.78 is 1.64.